The monoisotopic (exact) mass is 321 g/mol. The highest BCUT2D eigenvalue weighted by molar-refractivity contribution is 5.79. The lowest BCUT2D eigenvalue weighted by atomic mass is 9.95. The van der Waals surface area contributed by atoms with E-state index >= 15 is 0 Å². The van der Waals surface area contributed by atoms with E-state index in [1.165, 1.54) is 0 Å². The Morgan fingerprint density at radius 2 is 2.17 bits per heavy atom. The van der Waals surface area contributed by atoms with Crippen LogP contribution in [0.5, 0.6) is 0 Å². The second kappa shape index (κ2) is 5.96. The third kappa shape index (κ3) is 2.60. The van der Waals surface area contributed by atoms with Crippen molar-refractivity contribution >= 4 is 22.9 Å². The van der Waals surface area contributed by atoms with Crippen LogP contribution in [0, 0.1) is 5.92 Å². The number of benzene rings is 1. The largest absolute Gasteiger partial charge is 0.355 e. The van der Waals surface area contributed by atoms with E-state index in [-0.39, 0.29) is 17.9 Å². The highest BCUT2D eigenvalue weighted by Gasteiger charge is 2.38. The number of carbonyl (C=O) groups excluding carboxylic acids is 1. The van der Waals surface area contributed by atoms with Gasteiger partial charge < -0.3 is 15.2 Å². The van der Waals surface area contributed by atoms with Crippen LogP contribution in [0.15, 0.2) is 48.8 Å². The molecule has 1 amide bonds. The van der Waals surface area contributed by atoms with Crippen molar-refractivity contribution in [3.63, 3.8) is 0 Å². The minimum absolute atomic E-state index is 0.0445. The van der Waals surface area contributed by atoms with Gasteiger partial charge in [-0.1, -0.05) is 18.2 Å². The molecular formula is C18H19N5O. The van der Waals surface area contributed by atoms with Crippen LogP contribution in [0.2, 0.25) is 0 Å². The summed E-state index contributed by atoms with van der Waals surface area (Å²) in [5, 5.41) is 3.35. The van der Waals surface area contributed by atoms with Crippen LogP contribution in [-0.2, 0) is 4.79 Å². The second-order valence-electron chi connectivity index (χ2n) is 6.18. The number of amides is 1. The quantitative estimate of drug-likeness (QED) is 0.774. The van der Waals surface area contributed by atoms with Gasteiger partial charge in [0, 0.05) is 38.3 Å². The maximum Gasteiger partial charge on any atom is 0.223 e. The summed E-state index contributed by atoms with van der Waals surface area (Å²) in [6.45, 7) is 0.676. The number of pyridine rings is 1. The second-order valence-corrected chi connectivity index (χ2v) is 6.18. The topological polar surface area (TPSA) is 73.9 Å². The van der Waals surface area contributed by atoms with Crippen LogP contribution in [0.4, 0.5) is 5.95 Å². The first-order chi connectivity index (χ1) is 11.7. The van der Waals surface area contributed by atoms with E-state index in [4.69, 9.17) is 0 Å². The summed E-state index contributed by atoms with van der Waals surface area (Å²) in [6.07, 6.45) is 4.12. The average molecular weight is 321 g/mol. The van der Waals surface area contributed by atoms with E-state index in [0.29, 0.717) is 13.0 Å². The number of anilines is 1. The van der Waals surface area contributed by atoms with Gasteiger partial charge in [-0.15, -0.1) is 0 Å². The lowest BCUT2D eigenvalue weighted by Gasteiger charge is -2.25. The number of nitrogens with one attached hydrogen (secondary N) is 2. The van der Waals surface area contributed by atoms with Crippen molar-refractivity contribution in [2.45, 2.75) is 12.5 Å². The number of carbonyl (C=O) groups is 1. The lowest BCUT2D eigenvalue weighted by Crippen LogP contribution is -2.26. The number of aromatic nitrogens is 3. The Kier molecular flexibility index (Phi) is 3.65. The minimum Gasteiger partial charge on any atom is -0.355 e. The van der Waals surface area contributed by atoms with Gasteiger partial charge in [-0.3, -0.25) is 9.78 Å². The van der Waals surface area contributed by atoms with Crippen molar-refractivity contribution in [1.82, 2.24) is 19.9 Å². The molecule has 3 aromatic rings. The van der Waals surface area contributed by atoms with E-state index in [1.807, 2.05) is 54.5 Å². The minimum atomic E-state index is 0.0445. The molecule has 0 bridgehead atoms. The number of fused-ring (bicyclic) bond motifs is 1. The Hall–Kier alpha value is -2.89. The first-order valence-electron chi connectivity index (χ1n) is 8.06. The summed E-state index contributed by atoms with van der Waals surface area (Å²) >= 11 is 0. The van der Waals surface area contributed by atoms with Crippen molar-refractivity contribution in [2.24, 2.45) is 5.92 Å². The molecule has 3 heterocycles. The van der Waals surface area contributed by atoms with Crippen molar-refractivity contribution in [3.05, 3.63) is 54.4 Å². The standard InChI is InChI=1S/C18H19N5O/c1-23-16(24)9-13(17(23)12-5-4-8-19-10-12)11-20-18-21-14-6-2-3-7-15(14)22-18/h2-8,10,13,17H,9,11H2,1H3,(H2,20,21,22)/t13-,17-/m0/s1. The smallest absolute Gasteiger partial charge is 0.223 e. The molecule has 6 heteroatoms. The molecule has 1 aliphatic rings. The van der Waals surface area contributed by atoms with Crippen molar-refractivity contribution < 1.29 is 4.79 Å². The molecule has 1 saturated heterocycles. The molecular weight excluding hydrogens is 302 g/mol. The fourth-order valence-corrected chi connectivity index (χ4v) is 3.45. The normalized spacial score (nSPS) is 20.7. The molecule has 1 aliphatic heterocycles. The molecule has 2 aromatic heterocycles. The molecule has 122 valence electrons. The predicted octanol–water partition coefficient (Wildman–Crippen LogP) is 2.59. The van der Waals surface area contributed by atoms with Gasteiger partial charge in [-0.25, -0.2) is 4.98 Å². The van der Waals surface area contributed by atoms with Crippen LogP contribution < -0.4 is 5.32 Å². The molecule has 0 saturated carbocycles. The van der Waals surface area contributed by atoms with Crippen LogP contribution in [-0.4, -0.2) is 39.4 Å². The molecule has 0 aliphatic carbocycles. The summed E-state index contributed by atoms with van der Waals surface area (Å²) in [7, 11) is 1.86. The number of imidazole rings is 1. The van der Waals surface area contributed by atoms with Gasteiger partial charge in [0.2, 0.25) is 11.9 Å². The Labute approximate surface area is 139 Å². The van der Waals surface area contributed by atoms with Gasteiger partial charge in [-0.05, 0) is 23.8 Å². The number of likely N-dealkylation sites (tertiary alicyclic amines) is 1. The Morgan fingerprint density at radius 1 is 1.29 bits per heavy atom. The first-order valence-corrected chi connectivity index (χ1v) is 8.06. The van der Waals surface area contributed by atoms with Gasteiger partial charge in [0.15, 0.2) is 0 Å². The number of aromatic amines is 1. The number of H-pyrrole nitrogens is 1. The number of hydrogen-bond donors (Lipinski definition) is 2. The van der Waals surface area contributed by atoms with E-state index in [2.05, 4.69) is 20.3 Å². The maximum atomic E-state index is 12.2. The maximum absolute atomic E-state index is 12.2. The van der Waals surface area contributed by atoms with E-state index in [9.17, 15) is 4.79 Å². The summed E-state index contributed by atoms with van der Waals surface area (Å²) in [5.41, 5.74) is 3.01. The zero-order valence-electron chi connectivity index (χ0n) is 13.4. The molecule has 2 atom stereocenters. The zero-order valence-corrected chi connectivity index (χ0v) is 13.4. The number of nitrogens with zero attached hydrogens (tertiary/aromatic N) is 3. The number of rotatable bonds is 4. The molecule has 1 aromatic carbocycles. The Balaban J connectivity index is 1.53. The summed E-state index contributed by atoms with van der Waals surface area (Å²) in [6, 6.07) is 11.9. The van der Waals surface area contributed by atoms with Crippen molar-refractivity contribution in [3.8, 4) is 0 Å². The molecule has 6 nitrogen and oxygen atoms in total. The van der Waals surface area contributed by atoms with Gasteiger partial charge in [-0.2, -0.15) is 0 Å². The molecule has 2 N–H and O–H groups in total. The average Bonchev–Trinajstić information content (AvgIpc) is 3.15. The highest BCUT2D eigenvalue weighted by Crippen LogP contribution is 2.36. The predicted molar refractivity (Wildman–Crippen MR) is 92.4 cm³/mol. The zero-order chi connectivity index (χ0) is 16.5. The van der Waals surface area contributed by atoms with E-state index in [0.717, 1.165) is 22.5 Å². The van der Waals surface area contributed by atoms with Gasteiger partial charge >= 0.3 is 0 Å². The van der Waals surface area contributed by atoms with Crippen LogP contribution in [0.3, 0.4) is 0 Å². The van der Waals surface area contributed by atoms with Gasteiger partial charge in [0.1, 0.15) is 0 Å². The number of hydrogen-bond acceptors (Lipinski definition) is 4. The fraction of sp³-hybridized carbons (Fsp3) is 0.278. The molecule has 0 spiro atoms. The van der Waals surface area contributed by atoms with Crippen molar-refractivity contribution in [2.75, 3.05) is 18.9 Å². The summed E-state index contributed by atoms with van der Waals surface area (Å²) in [4.78, 5) is 26.0. The van der Waals surface area contributed by atoms with Gasteiger partial charge in [0.05, 0.1) is 17.1 Å². The van der Waals surface area contributed by atoms with E-state index < -0.39 is 0 Å². The molecule has 24 heavy (non-hydrogen) atoms. The van der Waals surface area contributed by atoms with Crippen molar-refractivity contribution in [1.29, 1.82) is 0 Å². The third-order valence-electron chi connectivity index (χ3n) is 4.64. The molecule has 0 radical (unpaired) electrons. The first kappa shape index (κ1) is 14.7. The Bertz CT molecular complexity index is 827. The Morgan fingerprint density at radius 3 is 2.96 bits per heavy atom. The van der Waals surface area contributed by atoms with Crippen LogP contribution >= 0.6 is 0 Å². The summed E-state index contributed by atoms with van der Waals surface area (Å²) in [5.74, 6) is 1.09. The highest BCUT2D eigenvalue weighted by atomic mass is 16.2. The van der Waals surface area contributed by atoms with Crippen LogP contribution in [0.1, 0.15) is 18.0 Å². The van der Waals surface area contributed by atoms with Gasteiger partial charge in [0.25, 0.3) is 0 Å². The SMILES string of the molecule is CN1C(=O)C[C@@H](CNc2nc3ccccc3[nH]2)[C@@H]1c1cccnc1. The molecule has 1 fully saturated rings. The van der Waals surface area contributed by atoms with E-state index in [1.54, 1.807) is 6.20 Å². The molecule has 4 rings (SSSR count). The molecule has 0 unspecified atom stereocenters. The fourth-order valence-electron chi connectivity index (χ4n) is 3.45. The van der Waals surface area contributed by atoms with Crippen LogP contribution in [0.25, 0.3) is 11.0 Å². The third-order valence-corrected chi connectivity index (χ3v) is 4.64. The number of para-hydroxylation sites is 2. The lowest BCUT2D eigenvalue weighted by molar-refractivity contribution is -0.127. The summed E-state index contributed by atoms with van der Waals surface area (Å²) < 4.78 is 0.